The number of hydrogen-bond acceptors (Lipinski definition) is 3. The minimum absolute atomic E-state index is 0.00933. The Hall–Kier alpha value is -1.91. The monoisotopic (exact) mass is 317 g/mol. The molecule has 0 radical (unpaired) electrons. The lowest BCUT2D eigenvalue weighted by atomic mass is 9.95. The number of fused-ring (bicyclic) bond motifs is 1. The number of amides is 2. The summed E-state index contributed by atoms with van der Waals surface area (Å²) in [6.07, 6.45) is 4.41. The zero-order valence-electron chi connectivity index (χ0n) is 14.6. The van der Waals surface area contributed by atoms with Crippen LogP contribution in [0, 0.1) is 11.8 Å². The molecule has 1 N–H and O–H groups in total. The van der Waals surface area contributed by atoms with Crippen molar-refractivity contribution in [3.8, 4) is 0 Å². The molecular formula is C18H27N3O2. The molecule has 0 fully saturated rings. The smallest absolute Gasteiger partial charge is 0.320 e. The summed E-state index contributed by atoms with van der Waals surface area (Å²) in [4.78, 5) is 30.6. The summed E-state index contributed by atoms with van der Waals surface area (Å²) in [5.41, 5.74) is 1.56. The molecule has 1 aromatic rings. The van der Waals surface area contributed by atoms with E-state index in [0.29, 0.717) is 30.4 Å². The van der Waals surface area contributed by atoms with E-state index in [-0.39, 0.29) is 17.7 Å². The molecule has 1 aliphatic rings. The largest absolute Gasteiger partial charge is 0.323 e. The van der Waals surface area contributed by atoms with Crippen molar-refractivity contribution in [2.75, 3.05) is 11.9 Å². The maximum atomic E-state index is 12.4. The molecule has 1 aliphatic heterocycles. The van der Waals surface area contributed by atoms with Gasteiger partial charge in [-0.05, 0) is 24.8 Å². The van der Waals surface area contributed by atoms with Gasteiger partial charge in [-0.2, -0.15) is 0 Å². The van der Waals surface area contributed by atoms with Crippen LogP contribution in [-0.2, 0) is 6.54 Å². The van der Waals surface area contributed by atoms with E-state index < -0.39 is 0 Å². The average Bonchev–Trinajstić information content (AvgIpc) is 2.51. The van der Waals surface area contributed by atoms with Crippen molar-refractivity contribution in [1.82, 2.24) is 9.88 Å². The van der Waals surface area contributed by atoms with Crippen LogP contribution < -0.4 is 5.32 Å². The van der Waals surface area contributed by atoms with E-state index in [1.54, 1.807) is 11.1 Å². The minimum Gasteiger partial charge on any atom is -0.320 e. The van der Waals surface area contributed by atoms with E-state index in [1.807, 2.05) is 13.0 Å². The molecule has 0 bridgehead atoms. The van der Waals surface area contributed by atoms with Crippen molar-refractivity contribution in [2.45, 2.75) is 53.5 Å². The molecule has 1 atom stereocenters. The highest BCUT2D eigenvalue weighted by molar-refractivity contribution is 5.98. The maximum absolute atomic E-state index is 12.4. The summed E-state index contributed by atoms with van der Waals surface area (Å²) in [7, 11) is 0. The van der Waals surface area contributed by atoms with Gasteiger partial charge < -0.3 is 4.90 Å². The third-order valence-corrected chi connectivity index (χ3v) is 4.27. The zero-order valence-corrected chi connectivity index (χ0v) is 14.6. The number of nitrogens with zero attached hydrogens (tertiary/aromatic N) is 2. The predicted octanol–water partition coefficient (Wildman–Crippen LogP) is 4.09. The first-order valence-corrected chi connectivity index (χ1v) is 8.51. The second kappa shape index (κ2) is 7.57. The van der Waals surface area contributed by atoms with Crippen molar-refractivity contribution in [3.05, 3.63) is 23.4 Å². The summed E-state index contributed by atoms with van der Waals surface area (Å²) in [5, 5.41) is 2.82. The van der Waals surface area contributed by atoms with Crippen molar-refractivity contribution >= 4 is 17.6 Å². The topological polar surface area (TPSA) is 62.3 Å². The Balaban J connectivity index is 2.15. The van der Waals surface area contributed by atoms with Gasteiger partial charge in [-0.1, -0.05) is 34.1 Å². The Bertz CT molecular complexity index is 584. The Kier molecular flexibility index (Phi) is 5.74. The van der Waals surface area contributed by atoms with Crippen molar-refractivity contribution in [1.29, 1.82) is 0 Å². The van der Waals surface area contributed by atoms with Crippen molar-refractivity contribution < 1.29 is 9.59 Å². The summed E-state index contributed by atoms with van der Waals surface area (Å²) < 4.78 is 0. The lowest BCUT2D eigenvalue weighted by Crippen LogP contribution is -2.40. The maximum Gasteiger partial charge on any atom is 0.323 e. The number of Topliss-reactive ketones (excluding diaryl/α,β-unsaturated/α-hetero) is 1. The first kappa shape index (κ1) is 17.4. The molecule has 2 rings (SSSR count). The van der Waals surface area contributed by atoms with Crippen LogP contribution in [0.3, 0.4) is 0 Å². The third kappa shape index (κ3) is 4.30. The molecule has 5 heteroatoms. The molecule has 0 aromatic carbocycles. The van der Waals surface area contributed by atoms with E-state index in [4.69, 9.17) is 0 Å². The number of urea groups is 1. The fraction of sp³-hybridized carbons (Fsp3) is 0.611. The molecule has 0 saturated heterocycles. The van der Waals surface area contributed by atoms with Gasteiger partial charge in [0.2, 0.25) is 0 Å². The molecule has 0 spiro atoms. The Morgan fingerprint density at radius 2 is 2.09 bits per heavy atom. The summed E-state index contributed by atoms with van der Waals surface area (Å²) in [6, 6.07) is 1.78. The van der Waals surface area contributed by atoms with Gasteiger partial charge in [-0.3, -0.25) is 10.1 Å². The van der Waals surface area contributed by atoms with Gasteiger partial charge in [0, 0.05) is 29.8 Å². The summed E-state index contributed by atoms with van der Waals surface area (Å²) in [6.45, 7) is 9.56. The van der Waals surface area contributed by atoms with Crippen LogP contribution in [0.4, 0.5) is 10.6 Å². The van der Waals surface area contributed by atoms with Crippen LogP contribution >= 0.6 is 0 Å². The molecule has 2 heterocycles. The number of nitrogens with one attached hydrogen (secondary N) is 1. The molecule has 1 aromatic heterocycles. The number of ketones is 1. The van der Waals surface area contributed by atoms with Gasteiger partial charge in [-0.15, -0.1) is 0 Å². The van der Waals surface area contributed by atoms with Gasteiger partial charge >= 0.3 is 6.03 Å². The van der Waals surface area contributed by atoms with Crippen LogP contribution in [0.1, 0.15) is 62.9 Å². The molecule has 5 nitrogen and oxygen atoms in total. The van der Waals surface area contributed by atoms with Crippen LogP contribution in [0.25, 0.3) is 0 Å². The number of carbonyl (C=O) groups is 2. The van der Waals surface area contributed by atoms with Crippen LogP contribution in [0.2, 0.25) is 0 Å². The number of anilines is 1. The molecule has 0 saturated carbocycles. The average molecular weight is 317 g/mol. The first-order valence-electron chi connectivity index (χ1n) is 8.51. The summed E-state index contributed by atoms with van der Waals surface area (Å²) in [5.74, 6) is 1.27. The fourth-order valence-corrected chi connectivity index (χ4v) is 2.78. The third-order valence-electron chi connectivity index (χ3n) is 4.27. The Labute approximate surface area is 138 Å². The van der Waals surface area contributed by atoms with Gasteiger partial charge in [0.1, 0.15) is 5.82 Å². The molecule has 1 unspecified atom stereocenters. The Morgan fingerprint density at radius 3 is 2.74 bits per heavy atom. The molecular weight excluding hydrogens is 290 g/mol. The highest BCUT2D eigenvalue weighted by Gasteiger charge is 2.25. The van der Waals surface area contributed by atoms with E-state index in [9.17, 15) is 9.59 Å². The number of rotatable bonds is 7. The van der Waals surface area contributed by atoms with Crippen LogP contribution in [0.5, 0.6) is 0 Å². The number of pyridine rings is 1. The second-order valence-electron chi connectivity index (χ2n) is 6.82. The van der Waals surface area contributed by atoms with Crippen molar-refractivity contribution in [3.63, 3.8) is 0 Å². The van der Waals surface area contributed by atoms with E-state index >= 15 is 0 Å². The fourth-order valence-electron chi connectivity index (χ4n) is 2.78. The number of aromatic nitrogens is 1. The van der Waals surface area contributed by atoms with Gasteiger partial charge in [0.25, 0.3) is 0 Å². The minimum atomic E-state index is -0.107. The lowest BCUT2D eigenvalue weighted by Gasteiger charge is -2.29. The molecule has 23 heavy (non-hydrogen) atoms. The highest BCUT2D eigenvalue weighted by Crippen LogP contribution is 2.24. The normalized spacial score (nSPS) is 15.3. The Morgan fingerprint density at radius 1 is 1.35 bits per heavy atom. The van der Waals surface area contributed by atoms with Crippen LogP contribution in [-0.4, -0.2) is 28.2 Å². The van der Waals surface area contributed by atoms with E-state index in [0.717, 1.165) is 24.8 Å². The molecule has 2 amide bonds. The molecule has 126 valence electrons. The lowest BCUT2D eigenvalue weighted by molar-refractivity contribution is 0.0923. The highest BCUT2D eigenvalue weighted by atomic mass is 16.2. The van der Waals surface area contributed by atoms with Gasteiger partial charge in [-0.25, -0.2) is 9.78 Å². The number of hydrogen-bond donors (Lipinski definition) is 1. The van der Waals surface area contributed by atoms with Gasteiger partial charge in [0.05, 0.1) is 6.54 Å². The first-order chi connectivity index (χ1) is 10.9. The van der Waals surface area contributed by atoms with Crippen LogP contribution in [0.15, 0.2) is 12.3 Å². The van der Waals surface area contributed by atoms with Gasteiger partial charge in [0.15, 0.2) is 5.78 Å². The summed E-state index contributed by atoms with van der Waals surface area (Å²) >= 11 is 0. The van der Waals surface area contributed by atoms with E-state index in [1.165, 1.54) is 0 Å². The quantitative estimate of drug-likeness (QED) is 0.770. The van der Waals surface area contributed by atoms with Crippen molar-refractivity contribution in [2.24, 2.45) is 11.8 Å². The molecule has 0 aliphatic carbocycles. The SMILES string of the molecule is CCCC(C)C(=O)c1cnc2c(c1)CN(CCC(C)C)C(=O)N2. The van der Waals surface area contributed by atoms with E-state index in [2.05, 4.69) is 31.1 Å². The second-order valence-corrected chi connectivity index (χ2v) is 6.82. The predicted molar refractivity (Wildman–Crippen MR) is 91.5 cm³/mol. The number of carbonyl (C=O) groups excluding carboxylic acids is 2. The standard InChI is InChI=1S/C18H27N3O2/c1-5-6-13(4)16(22)14-9-15-11-21(8-7-12(2)3)18(23)20-17(15)19-10-14/h9-10,12-13H,5-8,11H2,1-4H3,(H,19,20,23). The zero-order chi connectivity index (χ0) is 17.0.